The number of amides is 1. The largest absolute Gasteiger partial charge is 0.507 e. The second-order valence-corrected chi connectivity index (χ2v) is 10.5. The maximum absolute atomic E-state index is 15.8. The molecule has 40 heavy (non-hydrogen) atoms. The summed E-state index contributed by atoms with van der Waals surface area (Å²) < 4.78 is 32.2. The van der Waals surface area contributed by atoms with E-state index in [4.69, 9.17) is 0 Å². The molecule has 1 fully saturated rings. The van der Waals surface area contributed by atoms with Crippen LogP contribution in [-0.2, 0) is 0 Å². The minimum absolute atomic E-state index is 0.0444. The smallest absolute Gasteiger partial charge is 0.407 e. The number of nitrogens with zero attached hydrogens (tertiary/aromatic N) is 4. The number of anilines is 1. The molecular formula is C30H30F2N4O4. The van der Waals surface area contributed by atoms with Gasteiger partial charge in [-0.05, 0) is 55.7 Å². The molecule has 0 aliphatic carbocycles. The Kier molecular flexibility index (Phi) is 6.95. The Bertz CT molecular complexity index is 1680. The molecule has 0 saturated carbocycles. The summed E-state index contributed by atoms with van der Waals surface area (Å²) in [6, 6.07) is 9.22. The van der Waals surface area contributed by atoms with Gasteiger partial charge in [0.15, 0.2) is 0 Å². The molecule has 2 N–H and O–H groups in total. The Morgan fingerprint density at radius 2 is 1.85 bits per heavy atom. The van der Waals surface area contributed by atoms with E-state index in [-0.39, 0.29) is 29.6 Å². The van der Waals surface area contributed by atoms with E-state index >= 15 is 4.39 Å². The number of rotatable bonds is 4. The molecule has 0 spiro atoms. The van der Waals surface area contributed by atoms with E-state index in [0.717, 1.165) is 11.6 Å². The second kappa shape index (κ2) is 10.3. The number of carboxylic acid groups (broad SMARTS) is 1. The number of halogens is 2. The summed E-state index contributed by atoms with van der Waals surface area (Å²) in [5.41, 5.74) is 1.86. The van der Waals surface area contributed by atoms with E-state index in [2.05, 4.69) is 4.98 Å². The molecule has 1 amide bonds. The van der Waals surface area contributed by atoms with Crippen LogP contribution in [0.1, 0.15) is 37.9 Å². The lowest BCUT2D eigenvalue weighted by molar-refractivity contribution is 0.123. The summed E-state index contributed by atoms with van der Waals surface area (Å²) in [6.07, 6.45) is 0.641. The standard InChI is InChI=1S/C30H30F2N4O4/c1-16(2)28-29(17(3)8-9-33-28)36-24-13-19(27-21(31)6-5-7-25(27)37)22(32)12-20(24)23(14-26(36)38)34-10-11-35(30(39)40)18(4)15-34/h5-9,12-14,16,18,37H,10-11,15H2,1-4H3,(H,39,40)/t18-/m0/s1. The van der Waals surface area contributed by atoms with Crippen LogP contribution < -0.4 is 10.5 Å². The number of hydrogen-bond donors (Lipinski definition) is 2. The number of phenols is 1. The molecule has 1 aliphatic heterocycles. The van der Waals surface area contributed by atoms with Gasteiger partial charge in [0.05, 0.1) is 28.1 Å². The van der Waals surface area contributed by atoms with E-state index in [9.17, 15) is 24.2 Å². The predicted octanol–water partition coefficient (Wildman–Crippen LogP) is 5.66. The fourth-order valence-electron chi connectivity index (χ4n) is 5.54. The van der Waals surface area contributed by atoms with Crippen molar-refractivity contribution in [3.05, 3.63) is 81.9 Å². The maximum atomic E-state index is 15.8. The van der Waals surface area contributed by atoms with Gasteiger partial charge in [-0.25, -0.2) is 13.6 Å². The van der Waals surface area contributed by atoms with Gasteiger partial charge < -0.3 is 20.0 Å². The molecule has 3 heterocycles. The van der Waals surface area contributed by atoms with Gasteiger partial charge in [0, 0.05) is 48.9 Å². The van der Waals surface area contributed by atoms with Crippen LogP contribution in [0, 0.1) is 18.6 Å². The second-order valence-electron chi connectivity index (χ2n) is 10.5. The van der Waals surface area contributed by atoms with Gasteiger partial charge in [-0.2, -0.15) is 0 Å². The average Bonchev–Trinajstić information content (AvgIpc) is 2.88. The molecule has 1 saturated heterocycles. The number of aromatic hydroxyl groups is 1. The summed E-state index contributed by atoms with van der Waals surface area (Å²) >= 11 is 0. The fraction of sp³-hybridized carbons (Fsp3) is 0.300. The zero-order chi connectivity index (χ0) is 28.9. The minimum Gasteiger partial charge on any atom is -0.507 e. The normalized spacial score (nSPS) is 15.7. The van der Waals surface area contributed by atoms with Crippen molar-refractivity contribution in [1.29, 1.82) is 0 Å². The summed E-state index contributed by atoms with van der Waals surface area (Å²) in [5, 5.41) is 20.4. The lowest BCUT2D eigenvalue weighted by atomic mass is 9.98. The molecule has 5 rings (SSSR count). The monoisotopic (exact) mass is 548 g/mol. The highest BCUT2D eigenvalue weighted by Gasteiger charge is 2.30. The van der Waals surface area contributed by atoms with Crippen LogP contribution in [0.4, 0.5) is 19.3 Å². The quantitative estimate of drug-likeness (QED) is 0.342. The third-order valence-electron chi connectivity index (χ3n) is 7.48. The first-order valence-electron chi connectivity index (χ1n) is 13.1. The van der Waals surface area contributed by atoms with Gasteiger partial charge in [0.25, 0.3) is 5.56 Å². The first-order chi connectivity index (χ1) is 19.0. The highest BCUT2D eigenvalue weighted by molar-refractivity contribution is 5.96. The molecule has 1 atom stereocenters. The Morgan fingerprint density at radius 1 is 1.10 bits per heavy atom. The van der Waals surface area contributed by atoms with Gasteiger partial charge in [0.2, 0.25) is 0 Å². The van der Waals surface area contributed by atoms with Crippen molar-refractivity contribution in [3.8, 4) is 22.6 Å². The molecule has 1 aliphatic rings. The van der Waals surface area contributed by atoms with Gasteiger partial charge in [-0.3, -0.25) is 14.3 Å². The summed E-state index contributed by atoms with van der Waals surface area (Å²) in [6.45, 7) is 8.36. The molecule has 8 nitrogen and oxygen atoms in total. The lowest BCUT2D eigenvalue weighted by Gasteiger charge is -2.40. The Hall–Kier alpha value is -4.47. The van der Waals surface area contributed by atoms with E-state index in [1.807, 2.05) is 25.7 Å². The highest BCUT2D eigenvalue weighted by Crippen LogP contribution is 2.39. The first-order valence-corrected chi connectivity index (χ1v) is 13.1. The van der Waals surface area contributed by atoms with Crippen molar-refractivity contribution in [3.63, 3.8) is 0 Å². The molecular weight excluding hydrogens is 518 g/mol. The van der Waals surface area contributed by atoms with Crippen molar-refractivity contribution in [2.45, 2.75) is 39.7 Å². The van der Waals surface area contributed by atoms with Crippen molar-refractivity contribution in [2.75, 3.05) is 24.5 Å². The molecule has 0 bridgehead atoms. The number of aryl methyl sites for hydroxylation is 1. The summed E-state index contributed by atoms with van der Waals surface area (Å²) in [7, 11) is 0. The van der Waals surface area contributed by atoms with Crippen LogP contribution in [0.5, 0.6) is 5.75 Å². The highest BCUT2D eigenvalue weighted by atomic mass is 19.1. The number of aromatic nitrogens is 2. The van der Waals surface area contributed by atoms with Crippen LogP contribution in [-0.4, -0.2) is 56.4 Å². The minimum atomic E-state index is -1.03. The number of pyridine rings is 2. The average molecular weight is 549 g/mol. The predicted molar refractivity (Wildman–Crippen MR) is 150 cm³/mol. The van der Waals surface area contributed by atoms with Crippen LogP contribution in [0.3, 0.4) is 0 Å². The molecule has 10 heteroatoms. The number of benzene rings is 2. The number of carbonyl (C=O) groups is 1. The lowest BCUT2D eigenvalue weighted by Crippen LogP contribution is -2.54. The number of piperazine rings is 1. The Morgan fingerprint density at radius 3 is 2.50 bits per heavy atom. The van der Waals surface area contributed by atoms with E-state index < -0.39 is 29.0 Å². The van der Waals surface area contributed by atoms with E-state index in [0.29, 0.717) is 41.1 Å². The molecule has 2 aromatic carbocycles. The topological polar surface area (TPSA) is 98.9 Å². The Labute approximate surface area is 229 Å². The van der Waals surface area contributed by atoms with Crippen LogP contribution >= 0.6 is 0 Å². The van der Waals surface area contributed by atoms with Crippen molar-refractivity contribution < 1.29 is 23.8 Å². The van der Waals surface area contributed by atoms with E-state index in [1.165, 1.54) is 39.8 Å². The summed E-state index contributed by atoms with van der Waals surface area (Å²) in [4.78, 5) is 33.3. The SMILES string of the molecule is Cc1ccnc(C(C)C)c1-n1c(=O)cc(N2CCN(C(=O)O)[C@@H](C)C2)c2cc(F)c(-c3c(O)cccc3F)cc21. The fourth-order valence-corrected chi connectivity index (χ4v) is 5.54. The van der Waals surface area contributed by atoms with Crippen molar-refractivity contribution in [2.24, 2.45) is 0 Å². The molecule has 0 radical (unpaired) electrons. The first kappa shape index (κ1) is 27.1. The Balaban J connectivity index is 1.84. The number of fused-ring (bicyclic) bond motifs is 1. The third-order valence-corrected chi connectivity index (χ3v) is 7.48. The summed E-state index contributed by atoms with van der Waals surface area (Å²) in [5.74, 6) is -2.05. The van der Waals surface area contributed by atoms with Gasteiger partial charge in [0.1, 0.15) is 17.4 Å². The molecule has 4 aromatic rings. The van der Waals surface area contributed by atoms with Crippen LogP contribution in [0.25, 0.3) is 27.7 Å². The van der Waals surface area contributed by atoms with Gasteiger partial charge in [-0.15, -0.1) is 0 Å². The van der Waals surface area contributed by atoms with Gasteiger partial charge in [-0.1, -0.05) is 19.9 Å². The van der Waals surface area contributed by atoms with Crippen LogP contribution in [0.15, 0.2) is 53.5 Å². The molecule has 0 unspecified atom stereocenters. The molecule has 2 aromatic heterocycles. The van der Waals surface area contributed by atoms with Crippen molar-refractivity contribution >= 4 is 22.7 Å². The maximum Gasteiger partial charge on any atom is 0.407 e. The van der Waals surface area contributed by atoms with Crippen molar-refractivity contribution in [1.82, 2.24) is 14.5 Å². The van der Waals surface area contributed by atoms with E-state index in [1.54, 1.807) is 19.2 Å². The molecule has 208 valence electrons. The zero-order valence-electron chi connectivity index (χ0n) is 22.7. The third kappa shape index (κ3) is 4.53. The zero-order valence-corrected chi connectivity index (χ0v) is 22.7. The number of hydrogen-bond acceptors (Lipinski definition) is 5. The number of phenolic OH excluding ortho intramolecular Hbond substituents is 1. The van der Waals surface area contributed by atoms with Gasteiger partial charge >= 0.3 is 6.09 Å². The van der Waals surface area contributed by atoms with Crippen LogP contribution in [0.2, 0.25) is 0 Å².